The van der Waals surface area contributed by atoms with Crippen molar-refractivity contribution in [1.82, 2.24) is 5.32 Å². The molecular formula is C14H25NO. The van der Waals surface area contributed by atoms with Gasteiger partial charge >= 0.3 is 0 Å². The lowest BCUT2D eigenvalue weighted by atomic mass is 9.97. The molecule has 2 heteroatoms. The Labute approximate surface area is 98.8 Å². The molecule has 0 aromatic carbocycles. The minimum atomic E-state index is -0.462. The van der Waals surface area contributed by atoms with E-state index >= 15 is 0 Å². The van der Waals surface area contributed by atoms with Gasteiger partial charge in [0, 0.05) is 12.6 Å². The highest BCUT2D eigenvalue weighted by atomic mass is 16.3. The van der Waals surface area contributed by atoms with Crippen molar-refractivity contribution in [2.75, 3.05) is 6.54 Å². The Hall–Kier alpha value is -0.0800. The van der Waals surface area contributed by atoms with Crippen molar-refractivity contribution >= 4 is 0 Å². The number of fused-ring (bicyclic) bond motifs is 5. The molecule has 0 spiro atoms. The molecule has 3 aliphatic carbocycles. The average Bonchev–Trinajstić information content (AvgIpc) is 2.71. The van der Waals surface area contributed by atoms with Crippen molar-refractivity contribution in [1.29, 1.82) is 0 Å². The van der Waals surface area contributed by atoms with E-state index < -0.39 is 5.60 Å². The van der Waals surface area contributed by atoms with Crippen LogP contribution in [0.4, 0.5) is 0 Å². The zero-order valence-electron chi connectivity index (χ0n) is 10.6. The molecule has 3 saturated carbocycles. The summed E-state index contributed by atoms with van der Waals surface area (Å²) in [5.41, 5.74) is -0.462. The molecule has 4 atom stereocenters. The standard InChI is InChI=1S/C14H25NO/c1-3-14(16,4-2)8-15-13-11-9-5-6-10(7-9)12(11)13/h9-13,15-16H,3-8H2,1-2H3. The van der Waals surface area contributed by atoms with Crippen LogP contribution in [-0.2, 0) is 0 Å². The van der Waals surface area contributed by atoms with Gasteiger partial charge in [-0.3, -0.25) is 0 Å². The lowest BCUT2D eigenvalue weighted by Crippen LogP contribution is -2.41. The van der Waals surface area contributed by atoms with Crippen LogP contribution < -0.4 is 5.32 Å². The molecule has 0 amide bonds. The molecule has 2 bridgehead atoms. The predicted octanol–water partition coefficient (Wildman–Crippen LogP) is 2.17. The van der Waals surface area contributed by atoms with E-state index in [1.807, 2.05) is 0 Å². The fraction of sp³-hybridized carbons (Fsp3) is 1.00. The first-order valence-corrected chi connectivity index (χ1v) is 7.14. The van der Waals surface area contributed by atoms with E-state index in [9.17, 15) is 5.11 Å². The fourth-order valence-corrected chi connectivity index (χ4v) is 4.41. The Morgan fingerprint density at radius 1 is 1.12 bits per heavy atom. The van der Waals surface area contributed by atoms with E-state index in [4.69, 9.17) is 0 Å². The summed E-state index contributed by atoms with van der Waals surface area (Å²) in [6.45, 7) is 4.97. The molecule has 3 fully saturated rings. The second-order valence-electron chi connectivity index (χ2n) is 6.33. The maximum absolute atomic E-state index is 10.3. The molecule has 16 heavy (non-hydrogen) atoms. The molecule has 0 radical (unpaired) electrons. The first-order chi connectivity index (χ1) is 7.68. The molecule has 2 N–H and O–H groups in total. The molecule has 92 valence electrons. The molecule has 3 rings (SSSR count). The van der Waals surface area contributed by atoms with E-state index in [2.05, 4.69) is 19.2 Å². The van der Waals surface area contributed by atoms with Gasteiger partial charge in [0.05, 0.1) is 5.60 Å². The Morgan fingerprint density at radius 2 is 1.69 bits per heavy atom. The van der Waals surface area contributed by atoms with Crippen LogP contribution in [0.25, 0.3) is 0 Å². The number of nitrogens with one attached hydrogen (secondary N) is 1. The van der Waals surface area contributed by atoms with E-state index in [0.29, 0.717) is 0 Å². The summed E-state index contributed by atoms with van der Waals surface area (Å²) in [5, 5.41) is 13.9. The van der Waals surface area contributed by atoms with E-state index in [1.165, 1.54) is 19.3 Å². The van der Waals surface area contributed by atoms with Crippen molar-refractivity contribution in [2.24, 2.45) is 23.7 Å². The first kappa shape index (κ1) is 11.0. The largest absolute Gasteiger partial charge is 0.389 e. The molecule has 0 saturated heterocycles. The van der Waals surface area contributed by atoms with Gasteiger partial charge in [0.25, 0.3) is 0 Å². The van der Waals surface area contributed by atoms with Gasteiger partial charge in [-0.15, -0.1) is 0 Å². The minimum Gasteiger partial charge on any atom is -0.389 e. The number of aliphatic hydroxyl groups is 1. The topological polar surface area (TPSA) is 32.3 Å². The highest BCUT2D eigenvalue weighted by Gasteiger charge is 2.64. The van der Waals surface area contributed by atoms with Crippen LogP contribution in [0.3, 0.4) is 0 Å². The average molecular weight is 223 g/mol. The van der Waals surface area contributed by atoms with Gasteiger partial charge in [-0.2, -0.15) is 0 Å². The summed E-state index contributed by atoms with van der Waals surface area (Å²) in [4.78, 5) is 0. The third-order valence-electron chi connectivity index (χ3n) is 5.72. The van der Waals surface area contributed by atoms with Gasteiger partial charge in [0.2, 0.25) is 0 Å². The number of rotatable bonds is 5. The lowest BCUT2D eigenvalue weighted by Gasteiger charge is -2.26. The zero-order valence-corrected chi connectivity index (χ0v) is 10.6. The summed E-state index contributed by atoms with van der Waals surface area (Å²) in [5.74, 6) is 4.03. The Kier molecular flexibility index (Phi) is 2.56. The molecule has 0 heterocycles. The maximum atomic E-state index is 10.3. The summed E-state index contributed by atoms with van der Waals surface area (Å²) >= 11 is 0. The van der Waals surface area contributed by atoms with Gasteiger partial charge < -0.3 is 10.4 Å². The van der Waals surface area contributed by atoms with Crippen molar-refractivity contribution in [3.05, 3.63) is 0 Å². The van der Waals surface area contributed by atoms with Crippen LogP contribution in [0, 0.1) is 23.7 Å². The van der Waals surface area contributed by atoms with Crippen LogP contribution in [0.15, 0.2) is 0 Å². The van der Waals surface area contributed by atoms with Gasteiger partial charge in [-0.05, 0) is 55.8 Å². The van der Waals surface area contributed by atoms with E-state index in [-0.39, 0.29) is 0 Å². The smallest absolute Gasteiger partial charge is 0.0766 e. The number of hydrogen-bond acceptors (Lipinski definition) is 2. The summed E-state index contributed by atoms with van der Waals surface area (Å²) < 4.78 is 0. The molecular weight excluding hydrogens is 198 g/mol. The highest BCUT2D eigenvalue weighted by Crippen LogP contribution is 2.65. The Balaban J connectivity index is 1.52. The second-order valence-corrected chi connectivity index (χ2v) is 6.33. The first-order valence-electron chi connectivity index (χ1n) is 7.14. The van der Waals surface area contributed by atoms with Crippen LogP contribution in [0.2, 0.25) is 0 Å². The van der Waals surface area contributed by atoms with Crippen molar-refractivity contribution in [3.63, 3.8) is 0 Å². The Morgan fingerprint density at radius 3 is 2.19 bits per heavy atom. The summed E-state index contributed by atoms with van der Waals surface area (Å²) in [6, 6.07) is 0.760. The van der Waals surface area contributed by atoms with Crippen molar-refractivity contribution < 1.29 is 5.11 Å². The van der Waals surface area contributed by atoms with Gasteiger partial charge in [-0.25, -0.2) is 0 Å². The third kappa shape index (κ3) is 1.53. The normalized spacial score (nSPS) is 44.8. The van der Waals surface area contributed by atoms with Crippen molar-refractivity contribution in [2.45, 2.75) is 57.6 Å². The van der Waals surface area contributed by atoms with Gasteiger partial charge in [0.1, 0.15) is 0 Å². The monoisotopic (exact) mass is 223 g/mol. The molecule has 3 aliphatic rings. The van der Waals surface area contributed by atoms with Gasteiger partial charge in [-0.1, -0.05) is 13.8 Å². The quantitative estimate of drug-likeness (QED) is 0.748. The molecule has 0 aromatic heterocycles. The lowest BCUT2D eigenvalue weighted by molar-refractivity contribution is 0.0312. The second kappa shape index (κ2) is 3.71. The van der Waals surface area contributed by atoms with Gasteiger partial charge in [0.15, 0.2) is 0 Å². The van der Waals surface area contributed by atoms with Crippen LogP contribution in [0.5, 0.6) is 0 Å². The zero-order chi connectivity index (χ0) is 11.3. The van der Waals surface area contributed by atoms with Crippen LogP contribution in [0.1, 0.15) is 46.0 Å². The fourth-order valence-electron chi connectivity index (χ4n) is 4.41. The van der Waals surface area contributed by atoms with Crippen LogP contribution >= 0.6 is 0 Å². The van der Waals surface area contributed by atoms with Crippen LogP contribution in [-0.4, -0.2) is 23.3 Å². The Bertz CT molecular complexity index is 258. The molecule has 2 nitrogen and oxygen atoms in total. The number of hydrogen-bond donors (Lipinski definition) is 2. The molecule has 0 aliphatic heterocycles. The molecule has 4 unspecified atom stereocenters. The maximum Gasteiger partial charge on any atom is 0.0766 e. The minimum absolute atomic E-state index is 0.462. The van der Waals surface area contributed by atoms with E-state index in [1.54, 1.807) is 0 Å². The highest BCUT2D eigenvalue weighted by molar-refractivity contribution is 5.17. The summed E-state index contributed by atoms with van der Waals surface area (Å²) in [7, 11) is 0. The third-order valence-corrected chi connectivity index (χ3v) is 5.72. The predicted molar refractivity (Wildman–Crippen MR) is 65.1 cm³/mol. The van der Waals surface area contributed by atoms with Crippen molar-refractivity contribution in [3.8, 4) is 0 Å². The molecule has 0 aromatic rings. The van der Waals surface area contributed by atoms with E-state index in [0.717, 1.165) is 49.1 Å². The SMILES string of the molecule is CCC(O)(CC)CNC1C2C3CCC(C3)C12. The summed E-state index contributed by atoms with van der Waals surface area (Å²) in [6.07, 6.45) is 6.21.